The molecule has 1 fully saturated rings. The lowest BCUT2D eigenvalue weighted by Gasteiger charge is -2.15. The normalized spacial score (nSPS) is 14.0. The Morgan fingerprint density at radius 2 is 1.82 bits per heavy atom. The lowest BCUT2D eigenvalue weighted by atomic mass is 10.1. The summed E-state index contributed by atoms with van der Waals surface area (Å²) in [5, 5.41) is 8.34. The van der Waals surface area contributed by atoms with Crippen LogP contribution in [0.15, 0.2) is 61.3 Å². The molecule has 1 aliphatic rings. The number of imidazole rings is 1. The highest BCUT2D eigenvalue weighted by atomic mass is 19.1. The van der Waals surface area contributed by atoms with Crippen molar-refractivity contribution in [3.05, 3.63) is 67.1 Å². The van der Waals surface area contributed by atoms with Crippen LogP contribution in [0, 0.1) is 5.82 Å². The number of aromatic amines is 2. The molecule has 0 spiro atoms. The monoisotopic (exact) mass is 521 g/mol. The molecule has 0 unspecified atom stereocenters. The van der Waals surface area contributed by atoms with E-state index in [9.17, 15) is 4.39 Å². The third kappa shape index (κ3) is 4.57. The minimum absolute atomic E-state index is 0.388. The summed E-state index contributed by atoms with van der Waals surface area (Å²) in [5.74, 6) is 0.641. The molecule has 1 aliphatic heterocycles. The number of pyridine rings is 2. The van der Waals surface area contributed by atoms with Gasteiger partial charge in [0.25, 0.3) is 0 Å². The number of likely N-dealkylation sites (tertiary alicyclic amines) is 1. The molecule has 10 nitrogen and oxygen atoms in total. The number of nitrogens with one attached hydrogen (secondary N) is 2. The van der Waals surface area contributed by atoms with Crippen LogP contribution in [0.3, 0.4) is 0 Å². The van der Waals surface area contributed by atoms with Crippen LogP contribution < -0.4 is 4.74 Å². The molecule has 0 amide bonds. The molecule has 39 heavy (non-hydrogen) atoms. The first kappa shape index (κ1) is 23.4. The van der Waals surface area contributed by atoms with E-state index in [0.29, 0.717) is 52.0 Å². The summed E-state index contributed by atoms with van der Waals surface area (Å²) in [5.41, 5.74) is 5.25. The molecule has 0 bridgehead atoms. The molecule has 6 aromatic rings. The molecule has 7 rings (SSSR count). The molecule has 0 aliphatic carbocycles. The Balaban J connectivity index is 1.23. The summed E-state index contributed by atoms with van der Waals surface area (Å²) < 4.78 is 20.6. The zero-order valence-corrected chi connectivity index (χ0v) is 20.9. The fourth-order valence-corrected chi connectivity index (χ4v) is 5.01. The third-order valence-corrected chi connectivity index (χ3v) is 6.92. The molecule has 194 valence electrons. The Morgan fingerprint density at radius 3 is 2.69 bits per heavy atom. The Hall–Kier alpha value is -4.77. The van der Waals surface area contributed by atoms with E-state index >= 15 is 0 Å². The molecular formula is C28H24FN9O. The number of nitrogens with zero attached hydrogens (tertiary/aromatic N) is 7. The summed E-state index contributed by atoms with van der Waals surface area (Å²) in [6.45, 7) is 3.52. The van der Waals surface area contributed by atoms with E-state index in [0.717, 1.165) is 36.1 Å². The van der Waals surface area contributed by atoms with Gasteiger partial charge in [0.1, 0.15) is 35.1 Å². The predicted molar refractivity (Wildman–Crippen MR) is 144 cm³/mol. The van der Waals surface area contributed by atoms with Crippen molar-refractivity contribution in [2.45, 2.75) is 12.8 Å². The zero-order chi connectivity index (χ0) is 26.2. The number of rotatable bonds is 7. The largest absolute Gasteiger partial charge is 0.492 e. The Bertz CT molecular complexity index is 1780. The summed E-state index contributed by atoms with van der Waals surface area (Å²) in [6, 6.07) is 8.41. The van der Waals surface area contributed by atoms with Crippen LogP contribution in [0.1, 0.15) is 12.8 Å². The lowest BCUT2D eigenvalue weighted by Crippen LogP contribution is -2.25. The average molecular weight is 522 g/mol. The molecular weight excluding hydrogens is 497 g/mol. The minimum atomic E-state index is -0.388. The van der Waals surface area contributed by atoms with E-state index in [1.807, 2.05) is 18.2 Å². The summed E-state index contributed by atoms with van der Waals surface area (Å²) in [4.78, 5) is 28.0. The topological polar surface area (TPSA) is 121 Å². The number of hydrogen-bond acceptors (Lipinski definition) is 8. The van der Waals surface area contributed by atoms with Gasteiger partial charge in [-0.2, -0.15) is 5.10 Å². The van der Waals surface area contributed by atoms with E-state index < -0.39 is 0 Å². The zero-order valence-electron chi connectivity index (χ0n) is 20.9. The minimum Gasteiger partial charge on any atom is -0.492 e. The molecule has 0 atom stereocenters. The maximum atomic E-state index is 14.6. The number of hydrogen-bond donors (Lipinski definition) is 2. The van der Waals surface area contributed by atoms with Crippen molar-refractivity contribution >= 4 is 21.9 Å². The average Bonchev–Trinajstić information content (AvgIpc) is 3.72. The Morgan fingerprint density at radius 1 is 0.897 bits per heavy atom. The molecule has 2 N–H and O–H groups in total. The number of ether oxygens (including phenoxy) is 1. The first-order chi connectivity index (χ1) is 19.2. The van der Waals surface area contributed by atoms with Gasteiger partial charge in [-0.25, -0.2) is 9.37 Å². The van der Waals surface area contributed by atoms with E-state index in [1.54, 1.807) is 31.0 Å². The van der Waals surface area contributed by atoms with Crippen LogP contribution in [0.25, 0.3) is 56.1 Å². The van der Waals surface area contributed by atoms with Gasteiger partial charge in [0, 0.05) is 42.2 Å². The SMILES string of the molecule is Fc1cc(OCCN2CCCC2)cc(-c2nccc3[nH]c(-c4n[nH]c5cnc(-c6cnccn6)cc45)nc23)c1. The second-order valence-corrected chi connectivity index (χ2v) is 9.49. The second kappa shape index (κ2) is 9.84. The number of H-pyrrole nitrogens is 2. The van der Waals surface area contributed by atoms with Crippen molar-refractivity contribution in [1.29, 1.82) is 0 Å². The number of halogens is 1. The fraction of sp³-hybridized carbons (Fsp3) is 0.214. The number of fused-ring (bicyclic) bond motifs is 2. The first-order valence-corrected chi connectivity index (χ1v) is 12.8. The summed E-state index contributed by atoms with van der Waals surface area (Å²) in [7, 11) is 0. The fourth-order valence-electron chi connectivity index (χ4n) is 5.01. The molecule has 1 saturated heterocycles. The lowest BCUT2D eigenvalue weighted by molar-refractivity contribution is 0.237. The molecule has 1 aromatic carbocycles. The van der Waals surface area contributed by atoms with E-state index in [-0.39, 0.29) is 5.82 Å². The molecule has 5 aromatic heterocycles. The maximum absolute atomic E-state index is 14.6. The van der Waals surface area contributed by atoms with Crippen molar-refractivity contribution in [3.8, 4) is 39.9 Å². The van der Waals surface area contributed by atoms with E-state index in [4.69, 9.17) is 9.72 Å². The molecule has 11 heteroatoms. The standard InChI is InChI=1S/C28H24FN9O/c29-18-11-17(12-19(13-18)39-10-9-38-7-1-2-8-38)25-27-21(3-4-32-25)34-28(35-27)26-20-14-22(24-15-30-5-6-31-24)33-16-23(20)36-37-26/h3-6,11-16H,1-2,7-10H2,(H,34,35)(H,36,37). The Kier molecular flexibility index (Phi) is 5.89. The quantitative estimate of drug-likeness (QED) is 0.312. The van der Waals surface area contributed by atoms with Gasteiger partial charge in [-0.05, 0) is 50.2 Å². The van der Waals surface area contributed by atoms with E-state index in [2.05, 4.69) is 40.0 Å². The van der Waals surface area contributed by atoms with Crippen molar-refractivity contribution < 1.29 is 9.13 Å². The highest BCUT2D eigenvalue weighted by molar-refractivity contribution is 5.96. The van der Waals surface area contributed by atoms with Crippen LogP contribution in [-0.4, -0.2) is 71.2 Å². The van der Waals surface area contributed by atoms with Crippen molar-refractivity contribution in [1.82, 2.24) is 45.0 Å². The number of aromatic nitrogens is 8. The van der Waals surface area contributed by atoms with Gasteiger partial charge in [-0.1, -0.05) is 0 Å². The summed E-state index contributed by atoms with van der Waals surface area (Å²) in [6.07, 6.45) is 10.7. The molecule has 0 saturated carbocycles. The van der Waals surface area contributed by atoms with Gasteiger partial charge in [0.05, 0.1) is 34.8 Å². The van der Waals surface area contributed by atoms with Gasteiger partial charge in [0.15, 0.2) is 5.82 Å². The van der Waals surface area contributed by atoms with E-state index in [1.165, 1.54) is 25.0 Å². The maximum Gasteiger partial charge on any atom is 0.159 e. The Labute approximate surface area is 222 Å². The highest BCUT2D eigenvalue weighted by Gasteiger charge is 2.18. The molecule has 0 radical (unpaired) electrons. The predicted octanol–water partition coefficient (Wildman–Crippen LogP) is 4.63. The van der Waals surface area contributed by atoms with Gasteiger partial charge >= 0.3 is 0 Å². The van der Waals surface area contributed by atoms with Gasteiger partial charge in [0.2, 0.25) is 0 Å². The molecule has 6 heterocycles. The van der Waals surface area contributed by atoms with Crippen LogP contribution in [0.5, 0.6) is 5.75 Å². The van der Waals surface area contributed by atoms with Crippen LogP contribution >= 0.6 is 0 Å². The van der Waals surface area contributed by atoms with Gasteiger partial charge in [-0.15, -0.1) is 0 Å². The summed E-state index contributed by atoms with van der Waals surface area (Å²) >= 11 is 0. The smallest absolute Gasteiger partial charge is 0.159 e. The van der Waals surface area contributed by atoms with Crippen LogP contribution in [0.2, 0.25) is 0 Å². The number of benzene rings is 1. The van der Waals surface area contributed by atoms with Gasteiger partial charge in [-0.3, -0.25) is 29.9 Å². The van der Waals surface area contributed by atoms with Crippen molar-refractivity contribution in [2.75, 3.05) is 26.2 Å². The third-order valence-electron chi connectivity index (χ3n) is 6.92. The van der Waals surface area contributed by atoms with Crippen LogP contribution in [-0.2, 0) is 0 Å². The first-order valence-electron chi connectivity index (χ1n) is 12.8. The van der Waals surface area contributed by atoms with Crippen molar-refractivity contribution in [2.24, 2.45) is 0 Å². The van der Waals surface area contributed by atoms with Gasteiger partial charge < -0.3 is 9.72 Å². The van der Waals surface area contributed by atoms with Crippen LogP contribution in [0.4, 0.5) is 4.39 Å². The van der Waals surface area contributed by atoms with Crippen molar-refractivity contribution in [3.63, 3.8) is 0 Å². The second-order valence-electron chi connectivity index (χ2n) is 9.49. The highest BCUT2D eigenvalue weighted by Crippen LogP contribution is 2.32.